The van der Waals surface area contributed by atoms with Crippen molar-refractivity contribution in [1.29, 1.82) is 0 Å². The lowest BCUT2D eigenvalue weighted by Gasteiger charge is -2.30. The zero-order valence-electron chi connectivity index (χ0n) is 12.4. The molecule has 1 aromatic rings. The molecule has 1 aliphatic rings. The average Bonchev–Trinajstić information content (AvgIpc) is 2.36. The molecule has 1 atom stereocenters. The van der Waals surface area contributed by atoms with Gasteiger partial charge in [0.1, 0.15) is 0 Å². The third-order valence-electron chi connectivity index (χ3n) is 4.15. The van der Waals surface area contributed by atoms with Crippen LogP contribution in [0.15, 0.2) is 29.2 Å². The van der Waals surface area contributed by atoms with E-state index in [1.54, 1.807) is 12.1 Å². The van der Waals surface area contributed by atoms with E-state index in [-0.39, 0.29) is 0 Å². The van der Waals surface area contributed by atoms with Crippen molar-refractivity contribution in [3.05, 3.63) is 29.8 Å². The van der Waals surface area contributed by atoms with Gasteiger partial charge in [0.25, 0.3) is 0 Å². The van der Waals surface area contributed by atoms with Crippen molar-refractivity contribution in [1.82, 2.24) is 5.32 Å². The molecule has 0 aromatic heterocycles. The summed E-state index contributed by atoms with van der Waals surface area (Å²) in [6.07, 6.45) is 7.57. The highest BCUT2D eigenvalue weighted by molar-refractivity contribution is 7.90. The molecule has 0 aliphatic heterocycles. The smallest absolute Gasteiger partial charge is 0.175 e. The van der Waals surface area contributed by atoms with E-state index < -0.39 is 9.84 Å². The van der Waals surface area contributed by atoms with Gasteiger partial charge >= 0.3 is 0 Å². The zero-order valence-corrected chi connectivity index (χ0v) is 13.2. The monoisotopic (exact) mass is 295 g/mol. The van der Waals surface area contributed by atoms with Crippen LogP contribution in [-0.4, -0.2) is 21.2 Å². The van der Waals surface area contributed by atoms with Gasteiger partial charge < -0.3 is 5.32 Å². The molecule has 0 radical (unpaired) electrons. The van der Waals surface area contributed by atoms with Gasteiger partial charge in [0.05, 0.1) is 4.90 Å². The number of sulfone groups is 1. The summed E-state index contributed by atoms with van der Waals surface area (Å²) in [5, 5.41) is 3.59. The third-order valence-corrected chi connectivity index (χ3v) is 5.27. The predicted octanol–water partition coefficient (Wildman–Crippen LogP) is 3.32. The Bertz CT molecular complexity index is 518. The third kappa shape index (κ3) is 4.06. The highest BCUT2D eigenvalue weighted by atomic mass is 32.2. The van der Waals surface area contributed by atoms with Crippen LogP contribution >= 0.6 is 0 Å². The fourth-order valence-electron chi connectivity index (χ4n) is 2.66. The highest BCUT2D eigenvalue weighted by Gasteiger charge is 2.23. The number of benzene rings is 1. The van der Waals surface area contributed by atoms with E-state index in [4.69, 9.17) is 0 Å². The maximum Gasteiger partial charge on any atom is 0.175 e. The van der Waals surface area contributed by atoms with Gasteiger partial charge in [-0.1, -0.05) is 38.3 Å². The summed E-state index contributed by atoms with van der Waals surface area (Å²) in [6, 6.07) is 7.73. The molecule has 0 amide bonds. The Labute approximate surface area is 122 Å². The van der Waals surface area contributed by atoms with E-state index >= 15 is 0 Å². The molecule has 1 aromatic carbocycles. The first-order chi connectivity index (χ1) is 9.50. The summed E-state index contributed by atoms with van der Waals surface area (Å²) >= 11 is 0. The highest BCUT2D eigenvalue weighted by Crippen LogP contribution is 2.34. The molecular formula is C16H25NO2S. The van der Waals surface area contributed by atoms with Crippen LogP contribution in [0.5, 0.6) is 0 Å². The van der Waals surface area contributed by atoms with Crippen molar-refractivity contribution in [3.8, 4) is 0 Å². The Morgan fingerprint density at radius 3 is 2.35 bits per heavy atom. The second-order valence-electron chi connectivity index (χ2n) is 5.88. The first-order valence-electron chi connectivity index (χ1n) is 7.54. The summed E-state index contributed by atoms with van der Waals surface area (Å²) < 4.78 is 23.0. The van der Waals surface area contributed by atoms with Gasteiger partial charge in [0.15, 0.2) is 9.84 Å². The minimum Gasteiger partial charge on any atom is -0.310 e. The quantitative estimate of drug-likeness (QED) is 0.839. The molecule has 1 unspecified atom stereocenters. The molecule has 0 spiro atoms. The van der Waals surface area contributed by atoms with Crippen LogP contribution in [0.4, 0.5) is 0 Å². The van der Waals surface area contributed by atoms with Gasteiger partial charge in [-0.3, -0.25) is 0 Å². The SMILES string of the molecule is CCCNC(CC1CCC1)c1ccc(S(C)(=O)=O)cc1. The van der Waals surface area contributed by atoms with Crippen molar-refractivity contribution in [2.24, 2.45) is 5.92 Å². The molecule has 0 bridgehead atoms. The fourth-order valence-corrected chi connectivity index (χ4v) is 3.30. The van der Waals surface area contributed by atoms with Crippen LogP contribution in [-0.2, 0) is 9.84 Å². The molecular weight excluding hydrogens is 270 g/mol. The topological polar surface area (TPSA) is 46.2 Å². The molecule has 0 saturated heterocycles. The van der Waals surface area contributed by atoms with Crippen LogP contribution in [0.3, 0.4) is 0 Å². The van der Waals surface area contributed by atoms with Gasteiger partial charge in [-0.2, -0.15) is 0 Å². The van der Waals surface area contributed by atoms with E-state index in [2.05, 4.69) is 12.2 Å². The van der Waals surface area contributed by atoms with Crippen molar-refractivity contribution in [2.45, 2.75) is 50.0 Å². The summed E-state index contributed by atoms with van der Waals surface area (Å²) in [5.41, 5.74) is 1.21. The van der Waals surface area contributed by atoms with Gasteiger partial charge in [-0.15, -0.1) is 0 Å². The standard InChI is InChI=1S/C16H25NO2S/c1-3-11-17-16(12-13-5-4-6-13)14-7-9-15(10-8-14)20(2,18)19/h7-10,13,16-17H,3-6,11-12H2,1-2H3. The molecule has 2 rings (SSSR count). The predicted molar refractivity (Wildman–Crippen MR) is 82.5 cm³/mol. The fraction of sp³-hybridized carbons (Fsp3) is 0.625. The molecule has 1 aliphatic carbocycles. The van der Waals surface area contributed by atoms with E-state index in [9.17, 15) is 8.42 Å². The average molecular weight is 295 g/mol. The largest absolute Gasteiger partial charge is 0.310 e. The van der Waals surface area contributed by atoms with E-state index in [1.165, 1.54) is 31.1 Å². The Hall–Kier alpha value is -0.870. The van der Waals surface area contributed by atoms with Crippen LogP contribution in [0.2, 0.25) is 0 Å². The second-order valence-corrected chi connectivity index (χ2v) is 7.90. The lowest BCUT2D eigenvalue weighted by molar-refractivity contribution is 0.261. The molecule has 20 heavy (non-hydrogen) atoms. The maximum atomic E-state index is 11.5. The van der Waals surface area contributed by atoms with Gasteiger partial charge in [0, 0.05) is 12.3 Å². The van der Waals surface area contributed by atoms with Crippen molar-refractivity contribution in [3.63, 3.8) is 0 Å². The van der Waals surface area contributed by atoms with E-state index in [0.29, 0.717) is 10.9 Å². The molecule has 4 heteroatoms. The second kappa shape index (κ2) is 6.72. The molecule has 1 N–H and O–H groups in total. The number of hydrogen-bond donors (Lipinski definition) is 1. The van der Waals surface area contributed by atoms with E-state index in [0.717, 1.165) is 25.3 Å². The van der Waals surface area contributed by atoms with Crippen LogP contribution in [0.1, 0.15) is 50.6 Å². The van der Waals surface area contributed by atoms with Crippen molar-refractivity contribution >= 4 is 9.84 Å². The van der Waals surface area contributed by atoms with E-state index in [1.807, 2.05) is 12.1 Å². The first kappa shape index (κ1) is 15.5. The molecule has 112 valence electrons. The number of nitrogens with one attached hydrogen (secondary N) is 1. The minimum absolute atomic E-state index is 0.355. The normalized spacial score (nSPS) is 17.7. The van der Waals surface area contributed by atoms with Crippen LogP contribution in [0, 0.1) is 5.92 Å². The van der Waals surface area contributed by atoms with Crippen molar-refractivity contribution in [2.75, 3.05) is 12.8 Å². The molecule has 0 heterocycles. The minimum atomic E-state index is -3.10. The van der Waals surface area contributed by atoms with Gasteiger partial charge in [-0.05, 0) is 43.0 Å². The lowest BCUT2D eigenvalue weighted by Crippen LogP contribution is -2.26. The van der Waals surface area contributed by atoms with Gasteiger partial charge in [0.2, 0.25) is 0 Å². The van der Waals surface area contributed by atoms with Crippen LogP contribution < -0.4 is 5.32 Å². The first-order valence-corrected chi connectivity index (χ1v) is 9.43. The van der Waals surface area contributed by atoms with Gasteiger partial charge in [-0.25, -0.2) is 8.42 Å². The Kier molecular flexibility index (Phi) is 5.22. The summed E-state index contributed by atoms with van der Waals surface area (Å²) in [7, 11) is -3.10. The Morgan fingerprint density at radius 1 is 1.25 bits per heavy atom. The Morgan fingerprint density at radius 2 is 1.90 bits per heavy atom. The molecule has 3 nitrogen and oxygen atoms in total. The maximum absolute atomic E-state index is 11.5. The summed E-state index contributed by atoms with van der Waals surface area (Å²) in [4.78, 5) is 0.402. The number of hydrogen-bond acceptors (Lipinski definition) is 3. The zero-order chi connectivity index (χ0) is 14.6. The Balaban J connectivity index is 2.10. The van der Waals surface area contributed by atoms with Crippen molar-refractivity contribution < 1.29 is 8.42 Å². The summed E-state index contributed by atoms with van der Waals surface area (Å²) in [5.74, 6) is 0.832. The lowest BCUT2D eigenvalue weighted by atomic mass is 9.79. The number of rotatable bonds is 7. The van der Waals surface area contributed by atoms with Crippen LogP contribution in [0.25, 0.3) is 0 Å². The summed E-state index contributed by atoms with van der Waals surface area (Å²) in [6.45, 7) is 3.17. The molecule has 1 saturated carbocycles. The molecule has 1 fully saturated rings.